The Morgan fingerprint density at radius 1 is 1.36 bits per heavy atom. The fourth-order valence-corrected chi connectivity index (χ4v) is 2.85. The summed E-state index contributed by atoms with van der Waals surface area (Å²) in [4.78, 5) is 25.2. The molecule has 1 atom stereocenters. The molecule has 7 nitrogen and oxygen atoms in total. The number of morpholine rings is 1. The molecule has 2 heterocycles. The third-order valence-corrected chi connectivity index (χ3v) is 4.14. The van der Waals surface area contributed by atoms with E-state index in [2.05, 4.69) is 5.10 Å². The van der Waals surface area contributed by atoms with Gasteiger partial charge in [0.2, 0.25) is 0 Å². The topological polar surface area (TPSA) is 84.7 Å². The third-order valence-electron chi connectivity index (χ3n) is 4.14. The summed E-state index contributed by atoms with van der Waals surface area (Å²) in [5.41, 5.74) is 1.72. The molecule has 132 valence electrons. The number of rotatable bonds is 4. The molecule has 0 spiro atoms. The van der Waals surface area contributed by atoms with Crippen LogP contribution in [0, 0.1) is 12.7 Å². The number of aliphatic carboxylic acids is 1. The number of halogens is 1. The SMILES string of the molecule is Cc1c(C(=O)N2CCOC(CC(=O)O)C2)cnn1-c1ccc(F)cc1. The largest absolute Gasteiger partial charge is 0.481 e. The van der Waals surface area contributed by atoms with Crippen molar-refractivity contribution in [1.82, 2.24) is 14.7 Å². The lowest BCUT2D eigenvalue weighted by Crippen LogP contribution is -2.46. The van der Waals surface area contributed by atoms with Crippen molar-refractivity contribution < 1.29 is 23.8 Å². The first-order valence-corrected chi connectivity index (χ1v) is 7.89. The fraction of sp³-hybridized carbons (Fsp3) is 0.353. The van der Waals surface area contributed by atoms with E-state index in [-0.39, 0.29) is 24.7 Å². The van der Waals surface area contributed by atoms with Gasteiger partial charge in [0.25, 0.3) is 5.91 Å². The monoisotopic (exact) mass is 347 g/mol. The van der Waals surface area contributed by atoms with Crippen molar-refractivity contribution in [3.63, 3.8) is 0 Å². The highest BCUT2D eigenvalue weighted by Gasteiger charge is 2.28. The van der Waals surface area contributed by atoms with Crippen LogP contribution in [0.5, 0.6) is 0 Å². The molecule has 0 radical (unpaired) electrons. The molecule has 0 saturated carbocycles. The normalized spacial score (nSPS) is 17.5. The minimum atomic E-state index is -0.959. The minimum absolute atomic E-state index is 0.141. The number of benzene rings is 1. The molecular weight excluding hydrogens is 329 g/mol. The van der Waals surface area contributed by atoms with Crippen molar-refractivity contribution in [1.29, 1.82) is 0 Å². The maximum atomic E-state index is 13.1. The van der Waals surface area contributed by atoms with E-state index in [9.17, 15) is 14.0 Å². The van der Waals surface area contributed by atoms with Crippen LogP contribution in [-0.4, -0.2) is 57.5 Å². The molecule has 0 bridgehead atoms. The second-order valence-corrected chi connectivity index (χ2v) is 5.87. The number of carbonyl (C=O) groups is 2. The van der Waals surface area contributed by atoms with E-state index in [0.29, 0.717) is 30.1 Å². The van der Waals surface area contributed by atoms with Crippen molar-refractivity contribution >= 4 is 11.9 Å². The van der Waals surface area contributed by atoms with Gasteiger partial charge in [-0.15, -0.1) is 0 Å². The molecule has 8 heteroatoms. The molecular formula is C17H18FN3O4. The first kappa shape index (κ1) is 17.1. The number of hydrogen-bond donors (Lipinski definition) is 1. The van der Waals surface area contributed by atoms with Gasteiger partial charge in [-0.25, -0.2) is 9.07 Å². The molecule has 1 aromatic heterocycles. The molecule has 1 unspecified atom stereocenters. The zero-order valence-electron chi connectivity index (χ0n) is 13.7. The van der Waals surface area contributed by atoms with Crippen LogP contribution in [0.4, 0.5) is 4.39 Å². The van der Waals surface area contributed by atoms with Crippen molar-refractivity contribution in [2.45, 2.75) is 19.4 Å². The molecule has 3 rings (SSSR count). The molecule has 1 fully saturated rings. The lowest BCUT2D eigenvalue weighted by molar-refractivity contribution is -0.141. The fourth-order valence-electron chi connectivity index (χ4n) is 2.85. The summed E-state index contributed by atoms with van der Waals surface area (Å²) in [6.45, 7) is 2.69. The lowest BCUT2D eigenvalue weighted by atomic mass is 10.1. The van der Waals surface area contributed by atoms with Gasteiger partial charge >= 0.3 is 5.97 Å². The van der Waals surface area contributed by atoms with E-state index < -0.39 is 12.1 Å². The lowest BCUT2D eigenvalue weighted by Gasteiger charge is -2.32. The van der Waals surface area contributed by atoms with Gasteiger partial charge in [0.15, 0.2) is 0 Å². The summed E-state index contributed by atoms with van der Waals surface area (Å²) in [5, 5.41) is 13.1. The molecule has 1 saturated heterocycles. The number of carbonyl (C=O) groups excluding carboxylic acids is 1. The van der Waals surface area contributed by atoms with E-state index in [1.54, 1.807) is 28.6 Å². The van der Waals surface area contributed by atoms with Crippen molar-refractivity contribution in [2.75, 3.05) is 19.7 Å². The minimum Gasteiger partial charge on any atom is -0.481 e. The van der Waals surface area contributed by atoms with Crippen LogP contribution < -0.4 is 0 Å². The maximum absolute atomic E-state index is 13.1. The number of aromatic nitrogens is 2. The average Bonchev–Trinajstić information content (AvgIpc) is 2.96. The molecule has 25 heavy (non-hydrogen) atoms. The Hall–Kier alpha value is -2.74. The number of amides is 1. The number of hydrogen-bond acceptors (Lipinski definition) is 4. The van der Waals surface area contributed by atoms with Crippen LogP contribution in [0.25, 0.3) is 5.69 Å². The van der Waals surface area contributed by atoms with E-state index in [4.69, 9.17) is 9.84 Å². The Bertz CT molecular complexity index is 788. The first-order chi connectivity index (χ1) is 12.0. The number of ether oxygens (including phenoxy) is 1. The van der Waals surface area contributed by atoms with Gasteiger partial charge in [0, 0.05) is 13.1 Å². The van der Waals surface area contributed by atoms with E-state index in [1.165, 1.54) is 18.3 Å². The van der Waals surface area contributed by atoms with Gasteiger partial charge in [0.05, 0.1) is 42.3 Å². The molecule has 1 aliphatic rings. The summed E-state index contributed by atoms with van der Waals surface area (Å²) >= 11 is 0. The Balaban J connectivity index is 1.79. The van der Waals surface area contributed by atoms with Crippen LogP contribution in [0.1, 0.15) is 22.5 Å². The van der Waals surface area contributed by atoms with Gasteiger partial charge in [-0.1, -0.05) is 0 Å². The van der Waals surface area contributed by atoms with E-state index >= 15 is 0 Å². The zero-order chi connectivity index (χ0) is 18.0. The number of carboxylic acid groups (broad SMARTS) is 1. The highest BCUT2D eigenvalue weighted by molar-refractivity contribution is 5.95. The van der Waals surface area contributed by atoms with Gasteiger partial charge in [-0.2, -0.15) is 5.10 Å². The second kappa shape index (κ2) is 7.02. The summed E-state index contributed by atoms with van der Waals surface area (Å²) in [6, 6.07) is 5.83. The van der Waals surface area contributed by atoms with Gasteiger partial charge in [-0.3, -0.25) is 9.59 Å². The Labute approximate surface area is 143 Å². The summed E-state index contributed by atoms with van der Waals surface area (Å²) in [6.07, 6.45) is 0.822. The first-order valence-electron chi connectivity index (χ1n) is 7.89. The molecule has 1 aromatic carbocycles. The highest BCUT2D eigenvalue weighted by Crippen LogP contribution is 2.18. The van der Waals surface area contributed by atoms with E-state index in [0.717, 1.165) is 0 Å². The van der Waals surface area contributed by atoms with Gasteiger partial charge in [0.1, 0.15) is 5.82 Å². The predicted octanol–water partition coefficient (Wildman–Crippen LogP) is 1.64. The second-order valence-electron chi connectivity index (χ2n) is 5.87. The van der Waals surface area contributed by atoms with E-state index in [1.807, 2.05) is 0 Å². The van der Waals surface area contributed by atoms with Crippen molar-refractivity contribution in [3.8, 4) is 5.69 Å². The van der Waals surface area contributed by atoms with Crippen LogP contribution in [-0.2, 0) is 9.53 Å². The molecule has 2 aromatic rings. The Kier molecular flexibility index (Phi) is 4.80. The van der Waals surface area contributed by atoms with Crippen LogP contribution in [0.15, 0.2) is 30.5 Å². The van der Waals surface area contributed by atoms with Gasteiger partial charge < -0.3 is 14.7 Å². The molecule has 1 aliphatic heterocycles. The predicted molar refractivity (Wildman–Crippen MR) is 86.2 cm³/mol. The number of carboxylic acids is 1. The molecule has 1 N–H and O–H groups in total. The quantitative estimate of drug-likeness (QED) is 0.909. The standard InChI is InChI=1S/C17H18FN3O4/c1-11-15(9-19-21(11)13-4-2-12(18)3-5-13)17(24)20-6-7-25-14(10-20)8-16(22)23/h2-5,9,14H,6-8,10H2,1H3,(H,22,23). The van der Waals surface area contributed by atoms with Crippen molar-refractivity contribution in [3.05, 3.63) is 47.5 Å². The third kappa shape index (κ3) is 3.69. The van der Waals surface area contributed by atoms with Gasteiger partial charge in [-0.05, 0) is 31.2 Å². The summed E-state index contributed by atoms with van der Waals surface area (Å²) < 4.78 is 20.0. The maximum Gasteiger partial charge on any atom is 0.306 e. The highest BCUT2D eigenvalue weighted by atomic mass is 19.1. The summed E-state index contributed by atoms with van der Waals surface area (Å²) in [5.74, 6) is -1.52. The average molecular weight is 347 g/mol. The van der Waals surface area contributed by atoms with Crippen LogP contribution >= 0.6 is 0 Å². The van der Waals surface area contributed by atoms with Crippen LogP contribution in [0.2, 0.25) is 0 Å². The smallest absolute Gasteiger partial charge is 0.306 e. The molecule has 0 aliphatic carbocycles. The molecule has 1 amide bonds. The summed E-state index contributed by atoms with van der Waals surface area (Å²) in [7, 11) is 0. The number of nitrogens with zero attached hydrogens (tertiary/aromatic N) is 3. The van der Waals surface area contributed by atoms with Crippen molar-refractivity contribution in [2.24, 2.45) is 0 Å². The van der Waals surface area contributed by atoms with Crippen LogP contribution in [0.3, 0.4) is 0 Å². The Morgan fingerprint density at radius 2 is 2.08 bits per heavy atom. The zero-order valence-corrected chi connectivity index (χ0v) is 13.7. The Morgan fingerprint density at radius 3 is 2.76 bits per heavy atom.